The minimum atomic E-state index is -0.397. The number of esters is 1. The third-order valence-electron chi connectivity index (χ3n) is 11.8. The first kappa shape index (κ1) is 24.6. The molecule has 4 aliphatic rings. The second-order valence-electron chi connectivity index (χ2n) is 13.2. The number of hydrogen-bond donors (Lipinski definition) is 1. The molecule has 4 fully saturated rings. The van der Waals surface area contributed by atoms with Crippen molar-refractivity contribution in [3.05, 3.63) is 0 Å². The van der Waals surface area contributed by atoms with E-state index in [1.165, 1.54) is 45.6 Å². The van der Waals surface area contributed by atoms with Crippen LogP contribution in [0.1, 0.15) is 112 Å². The molecule has 0 saturated heterocycles. The molecule has 4 saturated carbocycles. The maximum Gasteiger partial charge on any atom is 0.305 e. The number of rotatable bonds is 6. The van der Waals surface area contributed by atoms with Crippen LogP contribution < -0.4 is 0 Å². The largest absolute Gasteiger partial charge is 0.469 e. The van der Waals surface area contributed by atoms with Gasteiger partial charge in [-0.15, -0.1) is 0 Å². The lowest BCUT2D eigenvalue weighted by Gasteiger charge is -2.62. The van der Waals surface area contributed by atoms with Crippen molar-refractivity contribution in [3.8, 4) is 0 Å². The SMILES string of the molecule is CC[C@]1(O)CC[C@@]2(C)[C@@H](CC[C@H]3[C@@H]4[C@@H](C)C[C@H]([C@H](C)CCCC(=O)OC)[C@@]4(C)CC[C@@H]32)C1. The van der Waals surface area contributed by atoms with Crippen molar-refractivity contribution in [3.63, 3.8) is 0 Å². The highest BCUT2D eigenvalue weighted by Crippen LogP contribution is 2.70. The Morgan fingerprint density at radius 1 is 1.12 bits per heavy atom. The second kappa shape index (κ2) is 8.90. The Bertz CT molecular complexity index is 690. The maximum atomic E-state index is 11.6. The van der Waals surface area contributed by atoms with Crippen LogP contribution in [0.25, 0.3) is 0 Å². The predicted octanol–water partition coefficient (Wildman–Crippen LogP) is 7.01. The zero-order chi connectivity index (χ0) is 23.3. The van der Waals surface area contributed by atoms with E-state index in [4.69, 9.17) is 4.74 Å². The lowest BCUT2D eigenvalue weighted by atomic mass is 9.43. The van der Waals surface area contributed by atoms with E-state index in [0.717, 1.165) is 67.6 Å². The van der Waals surface area contributed by atoms with Crippen molar-refractivity contribution >= 4 is 5.97 Å². The fourth-order valence-electron chi connectivity index (χ4n) is 10.00. The molecule has 0 aromatic heterocycles. The summed E-state index contributed by atoms with van der Waals surface area (Å²) in [5.41, 5.74) is 0.508. The summed E-state index contributed by atoms with van der Waals surface area (Å²) in [6.45, 7) is 12.4. The van der Waals surface area contributed by atoms with Gasteiger partial charge >= 0.3 is 5.97 Å². The molecule has 4 rings (SSSR count). The molecule has 4 aliphatic carbocycles. The summed E-state index contributed by atoms with van der Waals surface area (Å²) in [7, 11) is 1.50. The van der Waals surface area contributed by atoms with Crippen LogP contribution in [-0.2, 0) is 9.53 Å². The number of ether oxygens (including phenoxy) is 1. The molecule has 0 bridgehead atoms. The summed E-state index contributed by atoms with van der Waals surface area (Å²) in [6, 6.07) is 0. The molecule has 3 heteroatoms. The first-order chi connectivity index (χ1) is 15.1. The highest BCUT2D eigenvalue weighted by atomic mass is 16.5. The molecule has 184 valence electrons. The first-order valence-electron chi connectivity index (χ1n) is 13.9. The van der Waals surface area contributed by atoms with Gasteiger partial charge in [0.1, 0.15) is 0 Å². The average molecular weight is 447 g/mol. The van der Waals surface area contributed by atoms with Gasteiger partial charge in [0.25, 0.3) is 0 Å². The van der Waals surface area contributed by atoms with E-state index in [0.29, 0.717) is 23.2 Å². The van der Waals surface area contributed by atoms with Crippen molar-refractivity contribution in [2.24, 2.45) is 52.3 Å². The number of aliphatic hydroxyl groups is 1. The van der Waals surface area contributed by atoms with Crippen molar-refractivity contribution < 1.29 is 14.6 Å². The van der Waals surface area contributed by atoms with E-state index < -0.39 is 5.60 Å². The lowest BCUT2D eigenvalue weighted by molar-refractivity contribution is -0.156. The minimum absolute atomic E-state index is 0.0611. The highest BCUT2D eigenvalue weighted by Gasteiger charge is 2.63. The maximum absolute atomic E-state index is 11.6. The smallest absolute Gasteiger partial charge is 0.305 e. The molecule has 0 heterocycles. The van der Waals surface area contributed by atoms with Crippen LogP contribution in [0, 0.1) is 52.3 Å². The minimum Gasteiger partial charge on any atom is -0.469 e. The van der Waals surface area contributed by atoms with E-state index in [9.17, 15) is 9.90 Å². The molecular formula is C29H50O3. The number of hydrogen-bond acceptors (Lipinski definition) is 3. The summed E-state index contributed by atoms with van der Waals surface area (Å²) >= 11 is 0. The zero-order valence-electron chi connectivity index (χ0n) is 21.8. The van der Waals surface area contributed by atoms with Crippen molar-refractivity contribution in [2.75, 3.05) is 7.11 Å². The predicted molar refractivity (Wildman–Crippen MR) is 130 cm³/mol. The zero-order valence-corrected chi connectivity index (χ0v) is 21.8. The quantitative estimate of drug-likeness (QED) is 0.446. The lowest BCUT2D eigenvalue weighted by Crippen LogP contribution is -2.56. The fraction of sp³-hybridized carbons (Fsp3) is 0.966. The standard InChI is InChI=1S/C29H50O3/c1-7-29(31)16-15-27(4)21(18-29)11-12-22-23(27)13-14-28(5)24(17-20(3)26(22)28)19(2)9-8-10-25(30)32-6/h19-24,26,31H,7-18H2,1-6H3/t19-,20+,21+,22-,23+,24-,26+,27+,28-,29+/m1/s1. The van der Waals surface area contributed by atoms with Crippen LogP contribution in [0.3, 0.4) is 0 Å². The molecule has 1 N–H and O–H groups in total. The summed E-state index contributed by atoms with van der Waals surface area (Å²) in [5, 5.41) is 11.1. The molecule has 0 unspecified atom stereocenters. The Kier molecular flexibility index (Phi) is 6.83. The normalized spacial score (nSPS) is 49.0. The summed E-state index contributed by atoms with van der Waals surface area (Å²) in [4.78, 5) is 11.6. The van der Waals surface area contributed by atoms with E-state index in [-0.39, 0.29) is 5.97 Å². The second-order valence-corrected chi connectivity index (χ2v) is 13.2. The number of carbonyl (C=O) groups excluding carboxylic acids is 1. The molecular weight excluding hydrogens is 396 g/mol. The van der Waals surface area contributed by atoms with Crippen molar-refractivity contribution in [1.82, 2.24) is 0 Å². The number of carbonyl (C=O) groups is 1. The first-order valence-corrected chi connectivity index (χ1v) is 13.9. The van der Waals surface area contributed by atoms with Gasteiger partial charge in [0, 0.05) is 6.42 Å². The van der Waals surface area contributed by atoms with Crippen LogP contribution in [0.4, 0.5) is 0 Å². The Morgan fingerprint density at radius 3 is 2.56 bits per heavy atom. The Hall–Kier alpha value is -0.570. The number of fused-ring (bicyclic) bond motifs is 5. The third kappa shape index (κ3) is 3.97. The van der Waals surface area contributed by atoms with Gasteiger partial charge in [-0.05, 0) is 123 Å². The molecule has 32 heavy (non-hydrogen) atoms. The van der Waals surface area contributed by atoms with E-state index in [1.54, 1.807) is 0 Å². The van der Waals surface area contributed by atoms with E-state index >= 15 is 0 Å². The van der Waals surface area contributed by atoms with Gasteiger partial charge in [0.15, 0.2) is 0 Å². The van der Waals surface area contributed by atoms with Crippen LogP contribution in [0.15, 0.2) is 0 Å². The molecule has 0 amide bonds. The topological polar surface area (TPSA) is 46.5 Å². The van der Waals surface area contributed by atoms with Gasteiger partial charge in [-0.3, -0.25) is 4.79 Å². The summed E-state index contributed by atoms with van der Waals surface area (Å²) < 4.78 is 4.86. The number of methoxy groups -OCH3 is 1. The van der Waals surface area contributed by atoms with Crippen LogP contribution in [0.5, 0.6) is 0 Å². The van der Waals surface area contributed by atoms with E-state index in [2.05, 4.69) is 34.6 Å². The van der Waals surface area contributed by atoms with E-state index in [1.807, 2.05) is 0 Å². The van der Waals surface area contributed by atoms with Gasteiger partial charge < -0.3 is 9.84 Å². The van der Waals surface area contributed by atoms with Gasteiger partial charge in [0.05, 0.1) is 12.7 Å². The van der Waals surface area contributed by atoms with Gasteiger partial charge in [0.2, 0.25) is 0 Å². The fourth-order valence-corrected chi connectivity index (χ4v) is 10.00. The third-order valence-corrected chi connectivity index (χ3v) is 11.8. The molecule has 10 atom stereocenters. The van der Waals surface area contributed by atoms with Crippen molar-refractivity contribution in [1.29, 1.82) is 0 Å². The summed E-state index contributed by atoms with van der Waals surface area (Å²) in [6.07, 6.45) is 13.8. The Labute approximate surface area is 197 Å². The molecule has 0 spiro atoms. The monoisotopic (exact) mass is 446 g/mol. The van der Waals surface area contributed by atoms with Crippen molar-refractivity contribution in [2.45, 2.75) is 117 Å². The molecule has 0 radical (unpaired) electrons. The highest BCUT2D eigenvalue weighted by molar-refractivity contribution is 5.68. The molecule has 3 nitrogen and oxygen atoms in total. The van der Waals surface area contributed by atoms with Crippen LogP contribution in [-0.4, -0.2) is 23.8 Å². The Balaban J connectivity index is 1.48. The van der Waals surface area contributed by atoms with Crippen LogP contribution >= 0.6 is 0 Å². The molecule has 0 aliphatic heterocycles. The van der Waals surface area contributed by atoms with Gasteiger partial charge in [-0.1, -0.05) is 34.6 Å². The van der Waals surface area contributed by atoms with Gasteiger partial charge in [-0.25, -0.2) is 0 Å². The molecule has 0 aromatic carbocycles. The van der Waals surface area contributed by atoms with Gasteiger partial charge in [-0.2, -0.15) is 0 Å². The Morgan fingerprint density at radius 2 is 1.88 bits per heavy atom. The average Bonchev–Trinajstić information content (AvgIpc) is 3.05. The van der Waals surface area contributed by atoms with Crippen LogP contribution in [0.2, 0.25) is 0 Å². The summed E-state index contributed by atoms with van der Waals surface area (Å²) in [5.74, 6) is 5.56. The molecule has 0 aromatic rings.